The zero-order valence-corrected chi connectivity index (χ0v) is 8.98. The molecule has 0 saturated heterocycles. The highest BCUT2D eigenvalue weighted by Crippen LogP contribution is 2.30. The number of hydrogen-bond donors (Lipinski definition) is 0. The molecule has 0 amide bonds. The smallest absolute Gasteiger partial charge is 0.259 e. The summed E-state index contributed by atoms with van der Waals surface area (Å²) in [6.45, 7) is 1.66. The Balaban J connectivity index is 3.20. The van der Waals surface area contributed by atoms with Gasteiger partial charge in [-0.15, -0.1) is 0 Å². The van der Waals surface area contributed by atoms with Crippen molar-refractivity contribution in [2.45, 2.75) is 19.8 Å². The monoisotopic (exact) mass is 260 g/mol. The Labute approximate surface area is 88.7 Å². The summed E-state index contributed by atoms with van der Waals surface area (Å²) in [5.74, 6) is 0. The van der Waals surface area contributed by atoms with Gasteiger partial charge in [-0.1, -0.05) is 0 Å². The molecule has 0 aromatic carbocycles. The average Bonchev–Trinajstić information content (AvgIpc) is 2.13. The number of nitriles is 1. The number of nitrogens with zero attached hydrogens (tertiary/aromatic N) is 2. The number of aromatic nitrogens is 1. The molecule has 1 rings (SSSR count). The first-order chi connectivity index (χ1) is 6.57. The van der Waals surface area contributed by atoms with Crippen LogP contribution in [0, 0.1) is 18.3 Å². The van der Waals surface area contributed by atoms with Crippen molar-refractivity contribution in [3.8, 4) is 6.07 Å². The van der Waals surface area contributed by atoms with Crippen LogP contribution in [0.25, 0.3) is 0 Å². The van der Waals surface area contributed by atoms with Crippen LogP contribution < -0.4 is 0 Å². The lowest BCUT2D eigenvalue weighted by Gasteiger charge is -2.08. The lowest BCUT2D eigenvalue weighted by atomic mass is 10.1. The van der Waals surface area contributed by atoms with Crippen molar-refractivity contribution in [3.05, 3.63) is 27.5 Å². The van der Waals surface area contributed by atoms with Gasteiger partial charge in [0.1, 0.15) is 0 Å². The van der Waals surface area contributed by atoms with E-state index in [0.29, 0.717) is 15.7 Å². The van der Waals surface area contributed by atoms with Gasteiger partial charge < -0.3 is 0 Å². The van der Waals surface area contributed by atoms with Crippen molar-refractivity contribution in [1.82, 2.24) is 4.98 Å². The second-order valence-corrected chi connectivity index (χ2v) is 3.53. The fourth-order valence-electron chi connectivity index (χ4n) is 1.05. The largest absolute Gasteiger partial charge is 0.266 e. The molecular formula is C9H7BrF2N2. The van der Waals surface area contributed by atoms with E-state index in [0.717, 1.165) is 6.20 Å². The van der Waals surface area contributed by atoms with E-state index in [2.05, 4.69) is 20.9 Å². The van der Waals surface area contributed by atoms with Crippen molar-refractivity contribution < 1.29 is 8.78 Å². The SMILES string of the molecule is Cc1c(CC#N)ncc(C(F)F)c1Br. The molecule has 0 aliphatic carbocycles. The topological polar surface area (TPSA) is 36.7 Å². The predicted molar refractivity (Wildman–Crippen MR) is 50.9 cm³/mol. The molecule has 1 aromatic heterocycles. The minimum atomic E-state index is -2.55. The van der Waals surface area contributed by atoms with Gasteiger partial charge in [0.05, 0.1) is 23.7 Å². The zero-order chi connectivity index (χ0) is 10.7. The van der Waals surface area contributed by atoms with Crippen molar-refractivity contribution in [2.24, 2.45) is 0 Å². The van der Waals surface area contributed by atoms with Crippen LogP contribution in [-0.4, -0.2) is 4.98 Å². The minimum Gasteiger partial charge on any atom is -0.259 e. The van der Waals surface area contributed by atoms with Gasteiger partial charge in [0.2, 0.25) is 0 Å². The van der Waals surface area contributed by atoms with Gasteiger partial charge in [-0.3, -0.25) is 4.98 Å². The maximum atomic E-state index is 12.4. The van der Waals surface area contributed by atoms with Crippen LogP contribution >= 0.6 is 15.9 Å². The Kier molecular flexibility index (Phi) is 3.53. The fraction of sp³-hybridized carbons (Fsp3) is 0.333. The molecule has 0 aliphatic rings. The molecule has 0 spiro atoms. The van der Waals surface area contributed by atoms with E-state index < -0.39 is 6.43 Å². The number of halogens is 3. The molecule has 0 bridgehead atoms. The summed E-state index contributed by atoms with van der Waals surface area (Å²) in [4.78, 5) is 3.82. The summed E-state index contributed by atoms with van der Waals surface area (Å²) >= 11 is 3.07. The van der Waals surface area contributed by atoms with E-state index in [9.17, 15) is 8.78 Å². The third-order valence-electron chi connectivity index (χ3n) is 1.86. The van der Waals surface area contributed by atoms with Gasteiger partial charge in [0, 0.05) is 10.7 Å². The number of rotatable bonds is 2. The molecule has 0 saturated carbocycles. The Morgan fingerprint density at radius 1 is 1.64 bits per heavy atom. The van der Waals surface area contributed by atoms with E-state index in [-0.39, 0.29) is 12.0 Å². The fourth-order valence-corrected chi connectivity index (χ4v) is 1.55. The summed E-state index contributed by atoms with van der Waals surface area (Å²) in [7, 11) is 0. The van der Waals surface area contributed by atoms with E-state index in [4.69, 9.17) is 5.26 Å². The molecule has 0 fully saturated rings. The summed E-state index contributed by atoms with van der Waals surface area (Å²) in [6, 6.07) is 1.93. The van der Waals surface area contributed by atoms with Crippen LogP contribution in [0.4, 0.5) is 8.78 Å². The number of alkyl halides is 2. The molecule has 1 heterocycles. The standard InChI is InChI=1S/C9H7BrF2N2/c1-5-7(2-3-13)14-4-6(8(5)10)9(11)12/h4,9H,2H2,1H3. The molecule has 0 aliphatic heterocycles. The Morgan fingerprint density at radius 2 is 2.29 bits per heavy atom. The van der Waals surface area contributed by atoms with Crippen molar-refractivity contribution in [3.63, 3.8) is 0 Å². The van der Waals surface area contributed by atoms with Crippen molar-refractivity contribution in [1.29, 1.82) is 5.26 Å². The van der Waals surface area contributed by atoms with Gasteiger partial charge in [0.15, 0.2) is 0 Å². The Morgan fingerprint density at radius 3 is 2.79 bits per heavy atom. The van der Waals surface area contributed by atoms with E-state index in [1.54, 1.807) is 6.92 Å². The molecule has 1 aromatic rings. The molecule has 0 atom stereocenters. The predicted octanol–water partition coefficient (Wildman–Crippen LogP) is 3.16. The van der Waals surface area contributed by atoms with Gasteiger partial charge in [-0.2, -0.15) is 5.26 Å². The Bertz CT molecular complexity index is 385. The van der Waals surface area contributed by atoms with Crippen LogP contribution in [0.15, 0.2) is 10.7 Å². The summed E-state index contributed by atoms with van der Waals surface area (Å²) in [5.41, 5.74) is 0.998. The summed E-state index contributed by atoms with van der Waals surface area (Å²) in [5, 5.41) is 8.46. The van der Waals surface area contributed by atoms with Gasteiger partial charge in [-0.25, -0.2) is 8.78 Å². The molecule has 2 nitrogen and oxygen atoms in total. The van der Waals surface area contributed by atoms with Crippen LogP contribution in [0.5, 0.6) is 0 Å². The first-order valence-electron chi connectivity index (χ1n) is 3.87. The minimum absolute atomic E-state index is 0.133. The highest BCUT2D eigenvalue weighted by Gasteiger charge is 2.15. The van der Waals surface area contributed by atoms with E-state index in [1.807, 2.05) is 6.07 Å². The molecule has 5 heteroatoms. The molecule has 0 unspecified atom stereocenters. The van der Waals surface area contributed by atoms with Crippen LogP contribution in [0.1, 0.15) is 23.2 Å². The quantitative estimate of drug-likeness (QED) is 0.819. The lowest BCUT2D eigenvalue weighted by molar-refractivity contribution is 0.150. The van der Waals surface area contributed by atoms with E-state index >= 15 is 0 Å². The second-order valence-electron chi connectivity index (χ2n) is 2.73. The van der Waals surface area contributed by atoms with E-state index in [1.165, 1.54) is 0 Å². The third kappa shape index (κ3) is 2.07. The van der Waals surface area contributed by atoms with Crippen LogP contribution in [0.3, 0.4) is 0 Å². The first kappa shape index (κ1) is 11.1. The normalized spacial score (nSPS) is 10.3. The average molecular weight is 261 g/mol. The molecule has 0 radical (unpaired) electrons. The highest BCUT2D eigenvalue weighted by atomic mass is 79.9. The third-order valence-corrected chi connectivity index (χ3v) is 2.91. The van der Waals surface area contributed by atoms with Crippen molar-refractivity contribution in [2.75, 3.05) is 0 Å². The molecule has 14 heavy (non-hydrogen) atoms. The maximum Gasteiger partial charge on any atom is 0.266 e. The van der Waals surface area contributed by atoms with Crippen LogP contribution in [-0.2, 0) is 6.42 Å². The van der Waals surface area contributed by atoms with Crippen LogP contribution in [0.2, 0.25) is 0 Å². The molecule has 0 N–H and O–H groups in total. The highest BCUT2D eigenvalue weighted by molar-refractivity contribution is 9.10. The summed E-state index contributed by atoms with van der Waals surface area (Å²) in [6.07, 6.45) is -1.31. The lowest BCUT2D eigenvalue weighted by Crippen LogP contribution is -1.98. The summed E-state index contributed by atoms with van der Waals surface area (Å²) < 4.78 is 25.1. The van der Waals surface area contributed by atoms with Gasteiger partial charge in [-0.05, 0) is 28.4 Å². The first-order valence-corrected chi connectivity index (χ1v) is 4.66. The maximum absolute atomic E-state index is 12.4. The van der Waals surface area contributed by atoms with Crippen molar-refractivity contribution >= 4 is 15.9 Å². The van der Waals surface area contributed by atoms with Gasteiger partial charge in [0.25, 0.3) is 6.43 Å². The molecular weight excluding hydrogens is 254 g/mol. The van der Waals surface area contributed by atoms with Gasteiger partial charge >= 0.3 is 0 Å². The second kappa shape index (κ2) is 4.47. The number of pyridine rings is 1. The number of hydrogen-bond acceptors (Lipinski definition) is 2. The molecule has 74 valence electrons. The zero-order valence-electron chi connectivity index (χ0n) is 7.39. The Hall–Kier alpha value is -1.02.